The Balaban J connectivity index is 2.23. The average Bonchev–Trinajstić information content (AvgIpc) is 3.01. The van der Waals surface area contributed by atoms with Gasteiger partial charge in [-0.25, -0.2) is 8.42 Å². The monoisotopic (exact) mass is 333 g/mol. The third-order valence-corrected chi connectivity index (χ3v) is 6.00. The number of hydrogen-bond donors (Lipinski definition) is 0. The summed E-state index contributed by atoms with van der Waals surface area (Å²) in [6, 6.07) is 1.22. The minimum absolute atomic E-state index is 0.0368. The maximum Gasteiger partial charge on any atom is 0.289 e. The van der Waals surface area contributed by atoms with E-state index in [9.17, 15) is 13.2 Å². The highest BCUT2D eigenvalue weighted by Crippen LogP contribution is 2.37. The fourth-order valence-electron chi connectivity index (χ4n) is 2.90. The van der Waals surface area contributed by atoms with E-state index >= 15 is 0 Å². The molecule has 21 heavy (non-hydrogen) atoms. The molecule has 0 N–H and O–H groups in total. The Morgan fingerprint density at radius 3 is 2.48 bits per heavy atom. The van der Waals surface area contributed by atoms with E-state index in [1.54, 1.807) is 4.90 Å². The highest BCUT2D eigenvalue weighted by Gasteiger charge is 2.38. The molecule has 0 spiro atoms. The molecule has 0 unspecified atom stereocenters. The first-order valence-corrected chi connectivity index (χ1v) is 9.38. The van der Waals surface area contributed by atoms with Crippen LogP contribution in [0.15, 0.2) is 15.4 Å². The van der Waals surface area contributed by atoms with Gasteiger partial charge in [0.2, 0.25) is 0 Å². The lowest BCUT2D eigenvalue weighted by molar-refractivity contribution is 0.0737. The molecule has 7 heteroatoms. The van der Waals surface area contributed by atoms with Crippen LogP contribution >= 0.6 is 10.7 Å². The van der Waals surface area contributed by atoms with Gasteiger partial charge in [-0.15, -0.1) is 0 Å². The van der Waals surface area contributed by atoms with Crippen molar-refractivity contribution in [3.05, 3.63) is 17.6 Å². The predicted molar refractivity (Wildman–Crippen MR) is 80.0 cm³/mol. The van der Waals surface area contributed by atoms with Crippen LogP contribution in [0.3, 0.4) is 0 Å². The number of hydrogen-bond acceptors (Lipinski definition) is 4. The van der Waals surface area contributed by atoms with Crippen molar-refractivity contribution >= 4 is 25.6 Å². The standard InChI is InChI=1S/C14H20ClNO4S/c1-4-14(5-2)6-7-16(9-14)13(17)11-8-12(10(3)20-11)21(15,18)19/h8H,4-7,9H2,1-3H3. The van der Waals surface area contributed by atoms with Crippen LogP contribution in [-0.2, 0) is 9.05 Å². The van der Waals surface area contributed by atoms with Crippen LogP contribution in [0.1, 0.15) is 49.4 Å². The fraction of sp³-hybridized carbons (Fsp3) is 0.643. The Morgan fingerprint density at radius 1 is 1.43 bits per heavy atom. The smallest absolute Gasteiger partial charge is 0.289 e. The van der Waals surface area contributed by atoms with Gasteiger partial charge in [-0.2, -0.15) is 0 Å². The summed E-state index contributed by atoms with van der Waals surface area (Å²) >= 11 is 0. The summed E-state index contributed by atoms with van der Waals surface area (Å²) in [5.74, 6) is -0.0898. The lowest BCUT2D eigenvalue weighted by atomic mass is 9.82. The molecule has 0 saturated carbocycles. The Hall–Kier alpha value is -1.01. The second-order valence-electron chi connectivity index (χ2n) is 5.65. The van der Waals surface area contributed by atoms with E-state index in [-0.39, 0.29) is 27.7 Å². The third kappa shape index (κ3) is 3.11. The summed E-state index contributed by atoms with van der Waals surface area (Å²) in [5.41, 5.74) is 0.165. The summed E-state index contributed by atoms with van der Waals surface area (Å²) < 4.78 is 28.1. The van der Waals surface area contributed by atoms with E-state index in [0.29, 0.717) is 13.1 Å². The van der Waals surface area contributed by atoms with Gasteiger partial charge < -0.3 is 9.32 Å². The molecule has 1 aromatic rings. The lowest BCUT2D eigenvalue weighted by Gasteiger charge is -2.26. The summed E-state index contributed by atoms with van der Waals surface area (Å²) in [6.45, 7) is 7.10. The molecule has 5 nitrogen and oxygen atoms in total. The molecule has 0 atom stereocenters. The second-order valence-corrected chi connectivity index (χ2v) is 8.19. The third-order valence-electron chi connectivity index (χ3n) is 4.57. The van der Waals surface area contributed by atoms with Crippen molar-refractivity contribution in [3.63, 3.8) is 0 Å². The van der Waals surface area contributed by atoms with Crippen LogP contribution in [-0.4, -0.2) is 32.3 Å². The van der Waals surface area contributed by atoms with E-state index in [1.807, 2.05) is 0 Å². The molecule has 0 radical (unpaired) electrons. The van der Waals surface area contributed by atoms with E-state index in [2.05, 4.69) is 13.8 Å². The normalized spacial score (nSPS) is 18.2. The van der Waals surface area contributed by atoms with Gasteiger partial charge in [-0.1, -0.05) is 13.8 Å². The number of nitrogens with zero attached hydrogens (tertiary/aromatic N) is 1. The van der Waals surface area contributed by atoms with Crippen LogP contribution in [0.4, 0.5) is 0 Å². The van der Waals surface area contributed by atoms with Crippen LogP contribution in [0.25, 0.3) is 0 Å². The van der Waals surface area contributed by atoms with Gasteiger partial charge in [-0.3, -0.25) is 4.79 Å². The van der Waals surface area contributed by atoms with Crippen LogP contribution in [0, 0.1) is 12.3 Å². The molecule has 0 bridgehead atoms. The molecule has 1 saturated heterocycles. The minimum Gasteiger partial charge on any atom is -0.455 e. The van der Waals surface area contributed by atoms with E-state index in [4.69, 9.17) is 15.1 Å². The molecule has 1 fully saturated rings. The molecule has 1 aliphatic heterocycles. The molecule has 2 rings (SSSR count). The molecule has 1 amide bonds. The minimum atomic E-state index is -3.89. The average molecular weight is 334 g/mol. The number of furan rings is 1. The maximum absolute atomic E-state index is 12.5. The number of carbonyl (C=O) groups is 1. The van der Waals surface area contributed by atoms with E-state index < -0.39 is 9.05 Å². The van der Waals surface area contributed by atoms with E-state index in [1.165, 1.54) is 13.0 Å². The summed E-state index contributed by atoms with van der Waals surface area (Å²) in [4.78, 5) is 14.1. The quantitative estimate of drug-likeness (QED) is 0.794. The van der Waals surface area contributed by atoms with Gasteiger partial charge in [0, 0.05) is 29.8 Å². The van der Waals surface area contributed by atoms with Crippen molar-refractivity contribution in [1.82, 2.24) is 4.90 Å². The van der Waals surface area contributed by atoms with Gasteiger partial charge in [0.15, 0.2) is 5.76 Å². The first kappa shape index (κ1) is 16.4. The molecular formula is C14H20ClNO4S. The maximum atomic E-state index is 12.5. The topological polar surface area (TPSA) is 67.6 Å². The first-order chi connectivity index (χ1) is 9.72. The first-order valence-electron chi connectivity index (χ1n) is 7.07. The van der Waals surface area contributed by atoms with Gasteiger partial charge in [0.05, 0.1) is 0 Å². The number of aryl methyl sites for hydroxylation is 1. The Bertz CT molecular complexity index is 646. The van der Waals surface area contributed by atoms with Crippen molar-refractivity contribution in [3.8, 4) is 0 Å². The number of rotatable bonds is 4. The van der Waals surface area contributed by atoms with Gasteiger partial charge >= 0.3 is 0 Å². The fourth-order valence-corrected chi connectivity index (χ4v) is 4.00. The van der Waals surface area contributed by atoms with Crippen molar-refractivity contribution < 1.29 is 17.6 Å². The SMILES string of the molecule is CCC1(CC)CCN(C(=O)c2cc(S(=O)(=O)Cl)c(C)o2)C1. The van der Waals surface area contributed by atoms with Crippen molar-refractivity contribution in [2.75, 3.05) is 13.1 Å². The molecule has 1 aliphatic rings. The second kappa shape index (κ2) is 5.65. The number of likely N-dealkylation sites (tertiary alicyclic amines) is 1. The zero-order valence-corrected chi connectivity index (χ0v) is 14.1. The predicted octanol–water partition coefficient (Wildman–Crippen LogP) is 3.17. The van der Waals surface area contributed by atoms with Crippen LogP contribution < -0.4 is 0 Å². The highest BCUT2D eigenvalue weighted by molar-refractivity contribution is 8.13. The van der Waals surface area contributed by atoms with Crippen molar-refractivity contribution in [2.45, 2.75) is 44.9 Å². The summed E-state index contributed by atoms with van der Waals surface area (Å²) in [6.07, 6.45) is 3.00. The molecule has 0 aromatic carbocycles. The van der Waals surface area contributed by atoms with Gasteiger partial charge in [0.1, 0.15) is 10.7 Å². The Labute approximate surface area is 129 Å². The van der Waals surface area contributed by atoms with Crippen LogP contribution in [0.5, 0.6) is 0 Å². The number of carbonyl (C=O) groups excluding carboxylic acids is 1. The summed E-state index contributed by atoms with van der Waals surface area (Å²) in [7, 11) is 1.42. The van der Waals surface area contributed by atoms with E-state index in [0.717, 1.165) is 19.3 Å². The zero-order valence-electron chi connectivity index (χ0n) is 12.5. The van der Waals surface area contributed by atoms with Crippen molar-refractivity contribution in [2.24, 2.45) is 5.41 Å². The largest absolute Gasteiger partial charge is 0.455 e. The Kier molecular flexibility index (Phi) is 4.40. The Morgan fingerprint density at radius 2 is 2.05 bits per heavy atom. The van der Waals surface area contributed by atoms with Crippen LogP contribution in [0.2, 0.25) is 0 Å². The lowest BCUT2D eigenvalue weighted by Crippen LogP contribution is -2.31. The molecule has 1 aromatic heterocycles. The van der Waals surface area contributed by atoms with Crippen molar-refractivity contribution in [1.29, 1.82) is 0 Å². The molecular weight excluding hydrogens is 314 g/mol. The molecule has 2 heterocycles. The molecule has 0 aliphatic carbocycles. The molecule has 118 valence electrons. The van der Waals surface area contributed by atoms with Gasteiger partial charge in [-0.05, 0) is 31.6 Å². The van der Waals surface area contributed by atoms with Gasteiger partial charge in [0.25, 0.3) is 15.0 Å². The summed E-state index contributed by atoms with van der Waals surface area (Å²) in [5, 5.41) is 0. The highest BCUT2D eigenvalue weighted by atomic mass is 35.7. The number of halogens is 1. The zero-order chi connectivity index (χ0) is 15.8. The number of amides is 1.